The zero-order valence-electron chi connectivity index (χ0n) is 14.6. The quantitative estimate of drug-likeness (QED) is 0.726. The summed E-state index contributed by atoms with van der Waals surface area (Å²) in [6, 6.07) is 13.6. The van der Waals surface area contributed by atoms with E-state index in [9.17, 15) is 4.79 Å². The van der Waals surface area contributed by atoms with Crippen molar-refractivity contribution < 1.29 is 4.79 Å². The standard InChI is InChI=1S/C19H23N5O/c1-15-12-16(2)24(22-15)14-17-6-5-7-18(13-17)21-19(25)20-8-11-23-9-3-4-10-23/h3-7,9-10,12-13H,8,11,14H2,1-2H3,(H2,20,21,25). The second-order valence-corrected chi connectivity index (χ2v) is 6.09. The number of amides is 2. The molecule has 6 heteroatoms. The lowest BCUT2D eigenvalue weighted by Gasteiger charge is -2.10. The van der Waals surface area contributed by atoms with E-state index in [0.29, 0.717) is 13.1 Å². The van der Waals surface area contributed by atoms with Crippen molar-refractivity contribution in [1.29, 1.82) is 0 Å². The molecule has 0 aliphatic rings. The minimum atomic E-state index is -0.199. The van der Waals surface area contributed by atoms with Gasteiger partial charge in [0.05, 0.1) is 12.2 Å². The van der Waals surface area contributed by atoms with E-state index in [1.54, 1.807) is 0 Å². The van der Waals surface area contributed by atoms with Gasteiger partial charge in [0.1, 0.15) is 0 Å². The predicted octanol–water partition coefficient (Wildman–Crippen LogP) is 3.17. The van der Waals surface area contributed by atoms with Crippen molar-refractivity contribution in [1.82, 2.24) is 19.7 Å². The van der Waals surface area contributed by atoms with Gasteiger partial charge in [0, 0.05) is 36.9 Å². The summed E-state index contributed by atoms with van der Waals surface area (Å²) in [4.78, 5) is 12.0. The van der Waals surface area contributed by atoms with Crippen LogP contribution in [0.4, 0.5) is 10.5 Å². The Labute approximate surface area is 147 Å². The molecule has 2 heterocycles. The Morgan fingerprint density at radius 2 is 1.92 bits per heavy atom. The Kier molecular flexibility index (Phi) is 5.18. The number of urea groups is 1. The van der Waals surface area contributed by atoms with Crippen LogP contribution in [0.15, 0.2) is 54.9 Å². The first-order chi connectivity index (χ1) is 12.1. The SMILES string of the molecule is Cc1cc(C)n(Cc2cccc(NC(=O)NCCn3cccc3)c2)n1. The summed E-state index contributed by atoms with van der Waals surface area (Å²) in [5.74, 6) is 0. The van der Waals surface area contributed by atoms with Crippen LogP contribution in [0.5, 0.6) is 0 Å². The fourth-order valence-corrected chi connectivity index (χ4v) is 2.75. The lowest BCUT2D eigenvalue weighted by atomic mass is 10.2. The Hall–Kier alpha value is -3.02. The maximum Gasteiger partial charge on any atom is 0.319 e. The Balaban J connectivity index is 1.54. The highest BCUT2D eigenvalue weighted by Gasteiger charge is 2.05. The second kappa shape index (κ2) is 7.70. The number of carbonyl (C=O) groups is 1. The average Bonchev–Trinajstić information content (AvgIpc) is 3.18. The van der Waals surface area contributed by atoms with E-state index in [1.165, 1.54) is 0 Å². The highest BCUT2D eigenvalue weighted by molar-refractivity contribution is 5.89. The highest BCUT2D eigenvalue weighted by Crippen LogP contribution is 2.13. The van der Waals surface area contributed by atoms with Crippen molar-refractivity contribution in [3.05, 3.63) is 71.8 Å². The minimum absolute atomic E-state index is 0.199. The van der Waals surface area contributed by atoms with Crippen LogP contribution in [0, 0.1) is 13.8 Å². The number of nitrogens with one attached hydrogen (secondary N) is 2. The molecule has 0 aliphatic heterocycles. The number of aromatic nitrogens is 3. The molecule has 2 N–H and O–H groups in total. The molecule has 6 nitrogen and oxygen atoms in total. The van der Waals surface area contributed by atoms with E-state index >= 15 is 0 Å². The molecule has 0 radical (unpaired) electrons. The third-order valence-corrected chi connectivity index (χ3v) is 3.94. The number of anilines is 1. The maximum atomic E-state index is 12.0. The maximum absolute atomic E-state index is 12.0. The van der Waals surface area contributed by atoms with E-state index in [2.05, 4.69) is 21.8 Å². The monoisotopic (exact) mass is 337 g/mol. The first-order valence-corrected chi connectivity index (χ1v) is 8.36. The lowest BCUT2D eigenvalue weighted by Crippen LogP contribution is -2.31. The molecule has 1 aromatic carbocycles. The number of hydrogen-bond acceptors (Lipinski definition) is 2. The van der Waals surface area contributed by atoms with Crippen molar-refractivity contribution >= 4 is 11.7 Å². The molecule has 0 saturated heterocycles. The predicted molar refractivity (Wildman–Crippen MR) is 98.7 cm³/mol. The molecule has 0 bridgehead atoms. The van der Waals surface area contributed by atoms with Gasteiger partial charge in [0.2, 0.25) is 0 Å². The van der Waals surface area contributed by atoms with Gasteiger partial charge in [-0.3, -0.25) is 4.68 Å². The molecule has 0 spiro atoms. The van der Waals surface area contributed by atoms with Gasteiger partial charge in [0.15, 0.2) is 0 Å². The topological polar surface area (TPSA) is 63.9 Å². The number of nitrogens with zero attached hydrogens (tertiary/aromatic N) is 3. The molecular weight excluding hydrogens is 314 g/mol. The molecule has 3 rings (SSSR count). The minimum Gasteiger partial charge on any atom is -0.353 e. The summed E-state index contributed by atoms with van der Waals surface area (Å²) < 4.78 is 3.99. The normalized spacial score (nSPS) is 10.6. The molecular formula is C19H23N5O. The van der Waals surface area contributed by atoms with Crippen LogP contribution < -0.4 is 10.6 Å². The van der Waals surface area contributed by atoms with Crippen LogP contribution in [0.2, 0.25) is 0 Å². The number of rotatable bonds is 6. The average molecular weight is 337 g/mol. The van der Waals surface area contributed by atoms with Gasteiger partial charge in [-0.05, 0) is 49.7 Å². The second-order valence-electron chi connectivity index (χ2n) is 6.09. The largest absolute Gasteiger partial charge is 0.353 e. The molecule has 25 heavy (non-hydrogen) atoms. The molecule has 0 atom stereocenters. The van der Waals surface area contributed by atoms with Crippen LogP contribution in [0.1, 0.15) is 17.0 Å². The Morgan fingerprint density at radius 3 is 2.64 bits per heavy atom. The molecule has 0 aliphatic carbocycles. The van der Waals surface area contributed by atoms with E-state index in [1.807, 2.05) is 71.9 Å². The van der Waals surface area contributed by atoms with E-state index in [4.69, 9.17) is 0 Å². The molecule has 2 aromatic heterocycles. The summed E-state index contributed by atoms with van der Waals surface area (Å²) >= 11 is 0. The van der Waals surface area contributed by atoms with Crippen LogP contribution >= 0.6 is 0 Å². The zero-order chi connectivity index (χ0) is 17.6. The van der Waals surface area contributed by atoms with Gasteiger partial charge < -0.3 is 15.2 Å². The molecule has 0 unspecified atom stereocenters. The summed E-state index contributed by atoms with van der Waals surface area (Å²) in [6.45, 7) is 6.04. The molecule has 3 aromatic rings. The van der Waals surface area contributed by atoms with Crippen LogP contribution in [-0.2, 0) is 13.1 Å². The van der Waals surface area contributed by atoms with E-state index < -0.39 is 0 Å². The summed E-state index contributed by atoms with van der Waals surface area (Å²) in [6.07, 6.45) is 3.95. The third-order valence-electron chi connectivity index (χ3n) is 3.94. The van der Waals surface area contributed by atoms with E-state index in [0.717, 1.165) is 29.2 Å². The highest BCUT2D eigenvalue weighted by atomic mass is 16.2. The number of aryl methyl sites for hydroxylation is 2. The Bertz CT molecular complexity index is 835. The fraction of sp³-hybridized carbons (Fsp3) is 0.263. The summed E-state index contributed by atoms with van der Waals surface area (Å²) in [5.41, 5.74) is 4.00. The number of hydrogen-bond donors (Lipinski definition) is 2. The number of carbonyl (C=O) groups excluding carboxylic acids is 1. The first-order valence-electron chi connectivity index (χ1n) is 8.36. The third kappa shape index (κ3) is 4.73. The van der Waals surface area contributed by atoms with Gasteiger partial charge in [-0.15, -0.1) is 0 Å². The molecule has 0 saturated carbocycles. The van der Waals surface area contributed by atoms with Crippen molar-refractivity contribution in [2.24, 2.45) is 0 Å². The molecule has 130 valence electrons. The summed E-state index contributed by atoms with van der Waals surface area (Å²) in [5, 5.41) is 10.2. The van der Waals surface area contributed by atoms with Gasteiger partial charge in [-0.25, -0.2) is 4.79 Å². The van der Waals surface area contributed by atoms with Crippen molar-refractivity contribution in [3.8, 4) is 0 Å². The van der Waals surface area contributed by atoms with Crippen molar-refractivity contribution in [3.63, 3.8) is 0 Å². The zero-order valence-corrected chi connectivity index (χ0v) is 14.6. The summed E-state index contributed by atoms with van der Waals surface area (Å²) in [7, 11) is 0. The van der Waals surface area contributed by atoms with Crippen molar-refractivity contribution in [2.45, 2.75) is 26.9 Å². The Morgan fingerprint density at radius 1 is 1.12 bits per heavy atom. The van der Waals surface area contributed by atoms with Gasteiger partial charge in [-0.2, -0.15) is 5.10 Å². The van der Waals surface area contributed by atoms with Crippen LogP contribution in [-0.4, -0.2) is 26.9 Å². The molecule has 2 amide bonds. The number of benzene rings is 1. The van der Waals surface area contributed by atoms with E-state index in [-0.39, 0.29) is 6.03 Å². The van der Waals surface area contributed by atoms with Gasteiger partial charge >= 0.3 is 6.03 Å². The van der Waals surface area contributed by atoms with Gasteiger partial charge in [-0.1, -0.05) is 12.1 Å². The van der Waals surface area contributed by atoms with Crippen LogP contribution in [0.3, 0.4) is 0 Å². The van der Waals surface area contributed by atoms with Gasteiger partial charge in [0.25, 0.3) is 0 Å². The molecule has 0 fully saturated rings. The van der Waals surface area contributed by atoms with Crippen molar-refractivity contribution in [2.75, 3.05) is 11.9 Å². The smallest absolute Gasteiger partial charge is 0.319 e. The fourth-order valence-electron chi connectivity index (χ4n) is 2.75. The lowest BCUT2D eigenvalue weighted by molar-refractivity contribution is 0.251. The van der Waals surface area contributed by atoms with Crippen LogP contribution in [0.25, 0.3) is 0 Å². The first kappa shape index (κ1) is 16.8.